The average molecular weight is 161 g/mol. The molecule has 1 atom stereocenters. The zero-order valence-electron chi connectivity index (χ0n) is 7.47. The van der Waals surface area contributed by atoms with Crippen LogP contribution in [0.2, 0.25) is 0 Å². The molecule has 0 heterocycles. The van der Waals surface area contributed by atoms with Crippen LogP contribution >= 0.6 is 0 Å². The van der Waals surface area contributed by atoms with Crippen molar-refractivity contribution >= 4 is 0 Å². The van der Waals surface area contributed by atoms with Gasteiger partial charge in [0.05, 0.1) is 6.10 Å². The highest BCUT2D eigenvalue weighted by Gasteiger charge is 1.97. The fourth-order valence-electron chi connectivity index (χ4n) is 0.853. The molecule has 0 aliphatic rings. The minimum absolute atomic E-state index is 0.260. The molecule has 0 radical (unpaired) electrons. The molecular weight excluding hydrogens is 142 g/mol. The number of aliphatic hydroxyl groups excluding tert-OH is 1. The highest BCUT2D eigenvalue weighted by Crippen LogP contribution is 1.86. The number of aliphatic hydroxyl groups is 1. The monoisotopic (exact) mass is 161 g/mol. The lowest BCUT2D eigenvalue weighted by molar-refractivity contribution is 0.0759. The first-order valence-corrected chi connectivity index (χ1v) is 4.24. The van der Waals surface area contributed by atoms with Crippen molar-refractivity contribution in [3.63, 3.8) is 0 Å². The summed E-state index contributed by atoms with van der Waals surface area (Å²) < 4.78 is 5.30. The third-order valence-electron chi connectivity index (χ3n) is 1.39. The molecule has 0 saturated heterocycles. The fraction of sp³-hybridized carbons (Fsp3) is 1.00. The van der Waals surface area contributed by atoms with Crippen LogP contribution in [-0.2, 0) is 4.74 Å². The van der Waals surface area contributed by atoms with Crippen LogP contribution < -0.4 is 5.32 Å². The Morgan fingerprint density at radius 3 is 2.82 bits per heavy atom. The summed E-state index contributed by atoms with van der Waals surface area (Å²) in [6.45, 7) is 6.79. The summed E-state index contributed by atoms with van der Waals surface area (Å²) in [4.78, 5) is 0. The topological polar surface area (TPSA) is 41.5 Å². The standard InChI is InChI=1S/C8H19NO2/c1-3-11-8(2)7-9-5-4-6-10/h8-10H,3-7H2,1-2H3. The van der Waals surface area contributed by atoms with Crippen LogP contribution in [0.3, 0.4) is 0 Å². The molecule has 3 heteroatoms. The van der Waals surface area contributed by atoms with Crippen LogP contribution in [0.15, 0.2) is 0 Å². The van der Waals surface area contributed by atoms with E-state index in [1.807, 2.05) is 13.8 Å². The molecule has 2 N–H and O–H groups in total. The number of hydrogen-bond acceptors (Lipinski definition) is 3. The number of nitrogens with one attached hydrogen (secondary N) is 1. The van der Waals surface area contributed by atoms with Crippen LogP contribution in [0.4, 0.5) is 0 Å². The number of hydrogen-bond donors (Lipinski definition) is 2. The van der Waals surface area contributed by atoms with Gasteiger partial charge < -0.3 is 15.2 Å². The summed E-state index contributed by atoms with van der Waals surface area (Å²) in [5, 5.41) is 11.6. The summed E-state index contributed by atoms with van der Waals surface area (Å²) in [7, 11) is 0. The Labute approximate surface area is 68.8 Å². The van der Waals surface area contributed by atoms with Gasteiger partial charge in [-0.15, -0.1) is 0 Å². The van der Waals surface area contributed by atoms with E-state index in [1.54, 1.807) is 0 Å². The van der Waals surface area contributed by atoms with Crippen molar-refractivity contribution in [1.82, 2.24) is 5.32 Å². The summed E-state index contributed by atoms with van der Waals surface area (Å²) in [5.74, 6) is 0. The van der Waals surface area contributed by atoms with E-state index in [0.29, 0.717) is 0 Å². The molecule has 0 amide bonds. The van der Waals surface area contributed by atoms with Crippen molar-refractivity contribution in [1.29, 1.82) is 0 Å². The second-order valence-electron chi connectivity index (χ2n) is 2.55. The van der Waals surface area contributed by atoms with Gasteiger partial charge in [-0.3, -0.25) is 0 Å². The van der Waals surface area contributed by atoms with Crippen molar-refractivity contribution in [3.05, 3.63) is 0 Å². The molecule has 0 aromatic heterocycles. The Hall–Kier alpha value is -0.120. The second kappa shape index (κ2) is 7.98. The van der Waals surface area contributed by atoms with Crippen LogP contribution in [-0.4, -0.2) is 37.5 Å². The highest BCUT2D eigenvalue weighted by molar-refractivity contribution is 4.54. The van der Waals surface area contributed by atoms with Crippen molar-refractivity contribution in [3.8, 4) is 0 Å². The number of ether oxygens (including phenoxy) is 1. The lowest BCUT2D eigenvalue weighted by Gasteiger charge is -2.11. The third-order valence-corrected chi connectivity index (χ3v) is 1.39. The van der Waals surface area contributed by atoms with Gasteiger partial charge in [-0.05, 0) is 26.8 Å². The minimum Gasteiger partial charge on any atom is -0.396 e. The van der Waals surface area contributed by atoms with E-state index >= 15 is 0 Å². The normalized spacial score (nSPS) is 13.4. The molecule has 0 fully saturated rings. The summed E-state index contributed by atoms with van der Waals surface area (Å²) in [6.07, 6.45) is 1.09. The van der Waals surface area contributed by atoms with Gasteiger partial charge in [0.15, 0.2) is 0 Å². The van der Waals surface area contributed by atoms with E-state index in [0.717, 1.165) is 26.1 Å². The van der Waals surface area contributed by atoms with Gasteiger partial charge in [0.25, 0.3) is 0 Å². The fourth-order valence-corrected chi connectivity index (χ4v) is 0.853. The highest BCUT2D eigenvalue weighted by atomic mass is 16.5. The molecule has 0 aromatic rings. The maximum Gasteiger partial charge on any atom is 0.0671 e. The molecular formula is C8H19NO2. The molecule has 1 unspecified atom stereocenters. The van der Waals surface area contributed by atoms with Crippen LogP contribution in [0.5, 0.6) is 0 Å². The third kappa shape index (κ3) is 7.78. The average Bonchev–Trinajstić information content (AvgIpc) is 1.99. The summed E-state index contributed by atoms with van der Waals surface area (Å²) >= 11 is 0. The first kappa shape index (κ1) is 10.9. The van der Waals surface area contributed by atoms with E-state index in [9.17, 15) is 0 Å². The Bertz CT molecular complexity index is 78.5. The predicted octanol–water partition coefficient (Wildman–Crippen LogP) is 0.383. The Balaban J connectivity index is 2.97. The van der Waals surface area contributed by atoms with Crippen LogP contribution in [0.25, 0.3) is 0 Å². The molecule has 0 saturated carbocycles. The van der Waals surface area contributed by atoms with Gasteiger partial charge >= 0.3 is 0 Å². The van der Waals surface area contributed by atoms with Crippen LogP contribution in [0, 0.1) is 0 Å². The van der Waals surface area contributed by atoms with Crippen molar-refractivity contribution in [2.45, 2.75) is 26.4 Å². The molecule has 0 bridgehead atoms. The van der Waals surface area contributed by atoms with Gasteiger partial charge in [0.1, 0.15) is 0 Å². The van der Waals surface area contributed by atoms with E-state index < -0.39 is 0 Å². The van der Waals surface area contributed by atoms with Gasteiger partial charge in [-0.25, -0.2) is 0 Å². The molecule has 0 spiro atoms. The maximum atomic E-state index is 8.46. The Morgan fingerprint density at radius 1 is 1.55 bits per heavy atom. The number of rotatable bonds is 7. The van der Waals surface area contributed by atoms with Gasteiger partial charge in [0.2, 0.25) is 0 Å². The van der Waals surface area contributed by atoms with E-state index in [4.69, 9.17) is 9.84 Å². The first-order valence-electron chi connectivity index (χ1n) is 4.24. The molecule has 0 aromatic carbocycles. The molecule has 0 rings (SSSR count). The van der Waals surface area contributed by atoms with Gasteiger partial charge in [-0.2, -0.15) is 0 Å². The van der Waals surface area contributed by atoms with E-state index in [-0.39, 0.29) is 12.7 Å². The Kier molecular flexibility index (Phi) is 7.89. The quantitative estimate of drug-likeness (QED) is 0.530. The Morgan fingerprint density at radius 2 is 2.27 bits per heavy atom. The maximum absolute atomic E-state index is 8.46. The molecule has 0 aliphatic carbocycles. The SMILES string of the molecule is CCOC(C)CNCCCO. The lowest BCUT2D eigenvalue weighted by Crippen LogP contribution is -2.27. The molecule has 11 heavy (non-hydrogen) atoms. The first-order chi connectivity index (χ1) is 5.31. The largest absolute Gasteiger partial charge is 0.396 e. The minimum atomic E-state index is 0.260. The predicted molar refractivity (Wildman–Crippen MR) is 45.7 cm³/mol. The summed E-state index contributed by atoms with van der Waals surface area (Å²) in [6, 6.07) is 0. The molecule has 0 aliphatic heterocycles. The zero-order valence-corrected chi connectivity index (χ0v) is 7.47. The van der Waals surface area contributed by atoms with E-state index in [2.05, 4.69) is 5.32 Å². The van der Waals surface area contributed by atoms with E-state index in [1.165, 1.54) is 0 Å². The smallest absolute Gasteiger partial charge is 0.0671 e. The zero-order chi connectivity index (χ0) is 8.53. The van der Waals surface area contributed by atoms with Crippen LogP contribution in [0.1, 0.15) is 20.3 Å². The van der Waals surface area contributed by atoms with Crippen molar-refractivity contribution in [2.24, 2.45) is 0 Å². The lowest BCUT2D eigenvalue weighted by atomic mass is 10.4. The van der Waals surface area contributed by atoms with Gasteiger partial charge in [0, 0.05) is 19.8 Å². The molecule has 3 nitrogen and oxygen atoms in total. The van der Waals surface area contributed by atoms with Gasteiger partial charge in [-0.1, -0.05) is 0 Å². The summed E-state index contributed by atoms with van der Waals surface area (Å²) in [5.41, 5.74) is 0. The second-order valence-corrected chi connectivity index (χ2v) is 2.55. The van der Waals surface area contributed by atoms with Crippen molar-refractivity contribution < 1.29 is 9.84 Å². The van der Waals surface area contributed by atoms with Crippen molar-refractivity contribution in [2.75, 3.05) is 26.3 Å². The molecule has 68 valence electrons.